The Morgan fingerprint density at radius 2 is 2.07 bits per heavy atom. The van der Waals surface area contributed by atoms with Gasteiger partial charge in [-0.2, -0.15) is 4.98 Å². The zero-order chi connectivity index (χ0) is 20.4. The third kappa shape index (κ3) is 3.87. The highest BCUT2D eigenvalue weighted by atomic mass is 16.5. The van der Waals surface area contributed by atoms with Crippen LogP contribution in [-0.2, 0) is 17.9 Å². The Morgan fingerprint density at radius 1 is 1.28 bits per heavy atom. The molecule has 152 valence electrons. The number of hydrogen-bond acceptors (Lipinski definition) is 5. The highest BCUT2D eigenvalue weighted by molar-refractivity contribution is 5.71. The van der Waals surface area contributed by atoms with Crippen LogP contribution in [0.5, 0.6) is 6.01 Å². The number of aromatic amines is 1. The lowest BCUT2D eigenvalue weighted by Crippen LogP contribution is -2.23. The molecule has 0 saturated heterocycles. The Labute approximate surface area is 167 Å². The summed E-state index contributed by atoms with van der Waals surface area (Å²) in [6.07, 6.45) is 2.64. The number of ether oxygens (including phenoxy) is 1. The molecule has 8 heteroatoms. The number of carbonyl (C=O) groups is 1. The molecular weight excluding hydrogens is 372 g/mol. The largest absolute Gasteiger partial charge is 0.481 e. The molecular formula is C21H24N4O4. The topological polar surface area (TPSA) is 110 Å². The quantitative estimate of drug-likeness (QED) is 0.635. The summed E-state index contributed by atoms with van der Waals surface area (Å²) < 4.78 is 7.40. The molecule has 2 unspecified atom stereocenters. The molecule has 1 saturated carbocycles. The fourth-order valence-corrected chi connectivity index (χ4v) is 3.89. The van der Waals surface area contributed by atoms with Crippen molar-refractivity contribution in [3.05, 3.63) is 52.1 Å². The summed E-state index contributed by atoms with van der Waals surface area (Å²) in [6.45, 7) is 2.79. The second-order valence-corrected chi connectivity index (χ2v) is 7.49. The first kappa shape index (κ1) is 19.2. The molecule has 0 aliphatic heterocycles. The molecule has 1 aliphatic rings. The summed E-state index contributed by atoms with van der Waals surface area (Å²) in [7, 11) is 0. The number of nitrogens with zero attached hydrogens (tertiary/aromatic N) is 3. The van der Waals surface area contributed by atoms with Crippen molar-refractivity contribution < 1.29 is 14.6 Å². The van der Waals surface area contributed by atoms with Gasteiger partial charge < -0.3 is 14.8 Å². The molecule has 1 aliphatic carbocycles. The van der Waals surface area contributed by atoms with Crippen LogP contribution < -0.4 is 10.3 Å². The van der Waals surface area contributed by atoms with Crippen LogP contribution in [0.25, 0.3) is 11.2 Å². The van der Waals surface area contributed by atoms with Gasteiger partial charge in [0, 0.05) is 12.5 Å². The van der Waals surface area contributed by atoms with Crippen molar-refractivity contribution in [2.45, 2.75) is 51.7 Å². The first-order valence-electron chi connectivity index (χ1n) is 9.96. The predicted molar refractivity (Wildman–Crippen MR) is 107 cm³/mol. The lowest BCUT2D eigenvalue weighted by molar-refractivity contribution is -0.141. The van der Waals surface area contributed by atoms with Crippen LogP contribution in [0.2, 0.25) is 0 Å². The standard InChI is InChI=1S/C21H24N4O4/c1-2-10-25-19(26)16-18(24-21(25)29-12-13-6-4-3-5-7-13)23-17(22-16)14-8-9-15(11-14)20(27)28/h3-7,14-15H,2,8-12H2,1H3,(H,22,23)(H,27,28). The van der Waals surface area contributed by atoms with Crippen molar-refractivity contribution in [1.82, 2.24) is 19.5 Å². The van der Waals surface area contributed by atoms with Crippen LogP contribution in [0.15, 0.2) is 35.1 Å². The Balaban J connectivity index is 1.66. The van der Waals surface area contributed by atoms with Crippen LogP contribution in [0.4, 0.5) is 0 Å². The van der Waals surface area contributed by atoms with Crippen LogP contribution in [-0.4, -0.2) is 30.6 Å². The monoisotopic (exact) mass is 396 g/mol. The molecule has 2 atom stereocenters. The number of rotatable bonds is 7. The lowest BCUT2D eigenvalue weighted by atomic mass is 10.0. The summed E-state index contributed by atoms with van der Waals surface area (Å²) in [6, 6.07) is 9.95. The van der Waals surface area contributed by atoms with E-state index in [2.05, 4.69) is 15.0 Å². The van der Waals surface area contributed by atoms with Crippen molar-refractivity contribution in [3.63, 3.8) is 0 Å². The molecule has 0 spiro atoms. The van der Waals surface area contributed by atoms with Crippen molar-refractivity contribution >= 4 is 17.1 Å². The maximum Gasteiger partial charge on any atom is 0.306 e. The number of aliphatic carboxylic acids is 1. The zero-order valence-corrected chi connectivity index (χ0v) is 16.3. The van der Waals surface area contributed by atoms with Crippen molar-refractivity contribution in [1.29, 1.82) is 0 Å². The second kappa shape index (κ2) is 8.06. The van der Waals surface area contributed by atoms with Crippen LogP contribution in [0.1, 0.15) is 49.9 Å². The maximum atomic E-state index is 13.0. The van der Waals surface area contributed by atoms with Gasteiger partial charge in [0.05, 0.1) is 5.92 Å². The van der Waals surface area contributed by atoms with Gasteiger partial charge in [0.25, 0.3) is 5.56 Å². The summed E-state index contributed by atoms with van der Waals surface area (Å²) in [5, 5.41) is 9.23. The van der Waals surface area contributed by atoms with Gasteiger partial charge in [0.2, 0.25) is 0 Å². The molecule has 0 bridgehead atoms. The zero-order valence-electron chi connectivity index (χ0n) is 16.3. The second-order valence-electron chi connectivity index (χ2n) is 7.49. The molecule has 2 N–H and O–H groups in total. The molecule has 3 aromatic rings. The van der Waals surface area contributed by atoms with E-state index >= 15 is 0 Å². The van der Waals surface area contributed by atoms with Crippen LogP contribution >= 0.6 is 0 Å². The van der Waals surface area contributed by atoms with E-state index in [1.165, 1.54) is 4.57 Å². The van der Waals surface area contributed by atoms with Gasteiger partial charge in [-0.05, 0) is 31.2 Å². The Hall–Kier alpha value is -3.16. The minimum atomic E-state index is -0.774. The molecule has 0 radical (unpaired) electrons. The van der Waals surface area contributed by atoms with Crippen molar-refractivity contribution in [2.75, 3.05) is 0 Å². The van der Waals surface area contributed by atoms with Gasteiger partial charge in [-0.1, -0.05) is 37.3 Å². The Kier molecular flexibility index (Phi) is 5.33. The van der Waals surface area contributed by atoms with Gasteiger partial charge in [0.1, 0.15) is 12.4 Å². The maximum absolute atomic E-state index is 13.0. The minimum absolute atomic E-state index is 0.00184. The Morgan fingerprint density at radius 3 is 2.76 bits per heavy atom. The number of fused-ring (bicyclic) bond motifs is 1. The number of carboxylic acids is 1. The van der Waals surface area contributed by atoms with E-state index in [0.717, 1.165) is 18.4 Å². The third-order valence-electron chi connectivity index (χ3n) is 5.42. The normalized spacial score (nSPS) is 18.9. The van der Waals surface area contributed by atoms with E-state index in [-0.39, 0.29) is 23.4 Å². The molecule has 4 rings (SSSR count). The molecule has 0 amide bonds. The third-order valence-corrected chi connectivity index (χ3v) is 5.42. The van der Waals surface area contributed by atoms with Gasteiger partial charge in [-0.3, -0.25) is 14.2 Å². The average molecular weight is 396 g/mol. The number of imidazole rings is 1. The smallest absolute Gasteiger partial charge is 0.306 e. The van der Waals surface area contributed by atoms with Crippen LogP contribution in [0, 0.1) is 5.92 Å². The predicted octanol–water partition coefficient (Wildman–Crippen LogP) is 3.08. The molecule has 29 heavy (non-hydrogen) atoms. The first-order valence-corrected chi connectivity index (χ1v) is 9.96. The van der Waals surface area contributed by atoms with Gasteiger partial charge >= 0.3 is 12.0 Å². The van der Waals surface area contributed by atoms with Crippen molar-refractivity contribution in [2.24, 2.45) is 5.92 Å². The minimum Gasteiger partial charge on any atom is -0.481 e. The summed E-state index contributed by atoms with van der Waals surface area (Å²) in [5.41, 5.74) is 1.43. The fourth-order valence-electron chi connectivity index (χ4n) is 3.89. The average Bonchev–Trinajstić information content (AvgIpc) is 3.37. The molecule has 8 nitrogen and oxygen atoms in total. The fraction of sp³-hybridized carbons (Fsp3) is 0.429. The van der Waals surface area contributed by atoms with E-state index in [1.807, 2.05) is 37.3 Å². The molecule has 2 aromatic heterocycles. The highest BCUT2D eigenvalue weighted by Gasteiger charge is 2.32. The number of aromatic nitrogens is 4. The summed E-state index contributed by atoms with van der Waals surface area (Å²) in [4.78, 5) is 36.4. The van der Waals surface area contributed by atoms with Gasteiger partial charge in [-0.15, -0.1) is 0 Å². The first-order chi connectivity index (χ1) is 14.1. The molecule has 2 heterocycles. The van der Waals surface area contributed by atoms with E-state index < -0.39 is 5.97 Å². The van der Waals surface area contributed by atoms with E-state index in [4.69, 9.17) is 4.74 Å². The lowest BCUT2D eigenvalue weighted by Gasteiger charge is -2.11. The number of nitrogens with one attached hydrogen (secondary N) is 1. The van der Waals surface area contributed by atoms with E-state index in [1.54, 1.807) is 0 Å². The Bertz CT molecular complexity index is 1070. The number of H-pyrrole nitrogens is 1. The van der Waals surface area contributed by atoms with Gasteiger partial charge in [-0.25, -0.2) is 4.98 Å². The number of carboxylic acid groups (broad SMARTS) is 1. The highest BCUT2D eigenvalue weighted by Crippen LogP contribution is 2.37. The SMILES string of the molecule is CCCn1c(OCc2ccccc2)nc2nc(C3CCC(C(=O)O)C3)[nH]c2c1=O. The van der Waals surface area contributed by atoms with Gasteiger partial charge in [0.15, 0.2) is 11.2 Å². The summed E-state index contributed by atoms with van der Waals surface area (Å²) >= 11 is 0. The molecule has 1 aromatic carbocycles. The number of benzene rings is 1. The number of hydrogen-bond donors (Lipinski definition) is 2. The van der Waals surface area contributed by atoms with Crippen LogP contribution in [0.3, 0.4) is 0 Å². The van der Waals surface area contributed by atoms with Crippen molar-refractivity contribution in [3.8, 4) is 6.01 Å². The van der Waals surface area contributed by atoms with E-state index in [0.29, 0.717) is 43.0 Å². The summed E-state index contributed by atoms with van der Waals surface area (Å²) in [5.74, 6) is -0.499. The van der Waals surface area contributed by atoms with E-state index in [9.17, 15) is 14.7 Å². The molecule has 1 fully saturated rings.